The number of nitrogens with two attached hydrogens (primary N) is 1. The molecule has 3 N–H and O–H groups in total. The number of ether oxygens (including phenoxy) is 2. The van der Waals surface area contributed by atoms with E-state index in [2.05, 4.69) is 5.32 Å². The molecule has 0 unspecified atom stereocenters. The van der Waals surface area contributed by atoms with E-state index >= 15 is 0 Å². The Hall–Kier alpha value is -3.30. The molecular formula is C20H17ClN2O6S. The zero-order valence-electron chi connectivity index (χ0n) is 16.0. The second-order valence-electron chi connectivity index (χ2n) is 6.08. The molecule has 0 bridgehead atoms. The smallest absolute Gasteiger partial charge is 0.341 e. The number of thiophene rings is 1. The minimum Gasteiger partial charge on any atom is -0.486 e. The number of primary amides is 1. The van der Waals surface area contributed by atoms with E-state index in [-0.39, 0.29) is 27.8 Å². The van der Waals surface area contributed by atoms with E-state index in [4.69, 9.17) is 31.2 Å². The third-order valence-corrected chi connectivity index (χ3v) is 5.54. The van der Waals surface area contributed by atoms with Crippen molar-refractivity contribution < 1.29 is 28.3 Å². The quantitative estimate of drug-likeness (QED) is 0.526. The summed E-state index contributed by atoms with van der Waals surface area (Å²) in [5, 5.41) is 3.31. The maximum atomic E-state index is 12.6. The van der Waals surface area contributed by atoms with E-state index in [0.29, 0.717) is 22.1 Å². The van der Waals surface area contributed by atoms with Crippen LogP contribution in [0.25, 0.3) is 0 Å². The first-order chi connectivity index (χ1) is 14.3. The summed E-state index contributed by atoms with van der Waals surface area (Å²) in [6, 6.07) is 9.88. The van der Waals surface area contributed by atoms with Crippen LogP contribution in [0, 0.1) is 6.92 Å². The van der Waals surface area contributed by atoms with Crippen molar-refractivity contribution in [3.63, 3.8) is 0 Å². The SMILES string of the molecule is COC(=O)c1c(NC(=O)c2ccc(COc3ccc(Cl)cc3)o2)sc(C(N)=O)c1C. The fourth-order valence-electron chi connectivity index (χ4n) is 2.61. The van der Waals surface area contributed by atoms with E-state index < -0.39 is 17.8 Å². The number of carbonyl (C=O) groups is 3. The van der Waals surface area contributed by atoms with Crippen molar-refractivity contribution in [1.29, 1.82) is 0 Å². The second kappa shape index (κ2) is 9.02. The van der Waals surface area contributed by atoms with E-state index in [1.165, 1.54) is 13.2 Å². The van der Waals surface area contributed by atoms with Crippen molar-refractivity contribution in [2.24, 2.45) is 5.73 Å². The van der Waals surface area contributed by atoms with Gasteiger partial charge in [0.15, 0.2) is 5.76 Å². The van der Waals surface area contributed by atoms with Crippen molar-refractivity contribution in [1.82, 2.24) is 0 Å². The number of methoxy groups -OCH3 is 1. The van der Waals surface area contributed by atoms with Gasteiger partial charge in [-0.1, -0.05) is 11.6 Å². The van der Waals surface area contributed by atoms with Gasteiger partial charge < -0.3 is 24.9 Å². The zero-order valence-corrected chi connectivity index (χ0v) is 17.6. The molecule has 156 valence electrons. The van der Waals surface area contributed by atoms with Crippen LogP contribution < -0.4 is 15.8 Å². The molecule has 30 heavy (non-hydrogen) atoms. The molecule has 0 radical (unpaired) electrons. The lowest BCUT2D eigenvalue weighted by atomic mass is 10.1. The van der Waals surface area contributed by atoms with Crippen LogP contribution in [-0.4, -0.2) is 24.9 Å². The molecule has 0 fully saturated rings. The first-order valence-corrected chi connectivity index (χ1v) is 9.79. The molecule has 0 aliphatic rings. The third-order valence-electron chi connectivity index (χ3n) is 4.07. The summed E-state index contributed by atoms with van der Waals surface area (Å²) in [5.74, 6) is -0.978. The Balaban J connectivity index is 1.74. The van der Waals surface area contributed by atoms with Crippen LogP contribution in [0.2, 0.25) is 5.02 Å². The lowest BCUT2D eigenvalue weighted by molar-refractivity contribution is 0.0601. The Morgan fingerprint density at radius 3 is 2.50 bits per heavy atom. The van der Waals surface area contributed by atoms with Crippen LogP contribution in [0.1, 0.15) is 41.9 Å². The number of hydrogen-bond donors (Lipinski definition) is 2. The number of amides is 2. The minimum atomic E-state index is -0.706. The standard InChI is InChI=1S/C20H17ClN2O6S/c1-10-15(20(26)27-2)19(30-16(10)17(22)24)23-18(25)14-8-7-13(29-14)9-28-12-5-3-11(21)4-6-12/h3-8H,9H2,1-2H3,(H2,22,24)(H,23,25). The number of esters is 1. The number of carbonyl (C=O) groups excluding carboxylic acids is 3. The van der Waals surface area contributed by atoms with Crippen molar-refractivity contribution in [2.75, 3.05) is 12.4 Å². The molecule has 2 heterocycles. The number of hydrogen-bond acceptors (Lipinski definition) is 7. The maximum absolute atomic E-state index is 12.6. The minimum absolute atomic E-state index is 0.00667. The Morgan fingerprint density at radius 1 is 1.17 bits per heavy atom. The summed E-state index contributed by atoms with van der Waals surface area (Å²) < 4.78 is 15.8. The van der Waals surface area contributed by atoms with E-state index in [1.54, 1.807) is 37.3 Å². The number of halogens is 1. The lowest BCUT2D eigenvalue weighted by Gasteiger charge is -2.05. The van der Waals surface area contributed by atoms with Gasteiger partial charge >= 0.3 is 5.97 Å². The molecule has 0 saturated heterocycles. The van der Waals surface area contributed by atoms with E-state index in [0.717, 1.165) is 11.3 Å². The molecule has 0 aliphatic heterocycles. The molecule has 8 nitrogen and oxygen atoms in total. The molecule has 2 aromatic heterocycles. The molecule has 10 heteroatoms. The van der Waals surface area contributed by atoms with Crippen molar-refractivity contribution in [3.05, 3.63) is 68.9 Å². The van der Waals surface area contributed by atoms with E-state index in [1.807, 2.05) is 0 Å². The molecule has 0 saturated carbocycles. The Bertz CT molecular complexity index is 1100. The van der Waals surface area contributed by atoms with E-state index in [9.17, 15) is 14.4 Å². The molecule has 3 rings (SSSR count). The van der Waals surface area contributed by atoms with Gasteiger partial charge in [0.2, 0.25) is 0 Å². The van der Waals surface area contributed by atoms with Crippen LogP contribution in [0.15, 0.2) is 40.8 Å². The summed E-state index contributed by atoms with van der Waals surface area (Å²) >= 11 is 6.72. The molecule has 2 amide bonds. The first-order valence-electron chi connectivity index (χ1n) is 8.60. The highest BCUT2D eigenvalue weighted by Gasteiger charge is 2.26. The number of benzene rings is 1. The topological polar surface area (TPSA) is 121 Å². The lowest BCUT2D eigenvalue weighted by Crippen LogP contribution is -2.14. The molecule has 3 aromatic rings. The van der Waals surface area contributed by atoms with Gasteiger partial charge in [-0.05, 0) is 48.9 Å². The van der Waals surface area contributed by atoms with Gasteiger partial charge in [0.25, 0.3) is 11.8 Å². The monoisotopic (exact) mass is 448 g/mol. The fraction of sp³-hybridized carbons (Fsp3) is 0.150. The van der Waals surface area contributed by atoms with Crippen LogP contribution in [0.4, 0.5) is 5.00 Å². The number of rotatable bonds is 7. The van der Waals surface area contributed by atoms with Gasteiger partial charge in [-0.2, -0.15) is 0 Å². The molecule has 0 atom stereocenters. The maximum Gasteiger partial charge on any atom is 0.341 e. The summed E-state index contributed by atoms with van der Waals surface area (Å²) in [7, 11) is 1.20. The van der Waals surface area contributed by atoms with Gasteiger partial charge in [-0.15, -0.1) is 11.3 Å². The molecule has 1 aromatic carbocycles. The Kier molecular flexibility index (Phi) is 6.43. The third kappa shape index (κ3) is 4.64. The van der Waals surface area contributed by atoms with Crippen molar-refractivity contribution in [3.8, 4) is 5.75 Å². The Morgan fingerprint density at radius 2 is 1.87 bits per heavy atom. The van der Waals surface area contributed by atoms with Crippen molar-refractivity contribution >= 4 is 45.7 Å². The summed E-state index contributed by atoms with van der Waals surface area (Å²) in [4.78, 5) is 36.4. The Labute approximate surface area is 180 Å². The van der Waals surface area contributed by atoms with Gasteiger partial charge in [0.05, 0.1) is 17.6 Å². The molecule has 0 aliphatic carbocycles. The summed E-state index contributed by atoms with van der Waals surface area (Å²) in [6.45, 7) is 1.66. The number of anilines is 1. The largest absolute Gasteiger partial charge is 0.486 e. The summed E-state index contributed by atoms with van der Waals surface area (Å²) in [6.07, 6.45) is 0. The van der Waals surface area contributed by atoms with Crippen LogP contribution in [0.5, 0.6) is 5.75 Å². The summed E-state index contributed by atoms with van der Waals surface area (Å²) in [5.41, 5.74) is 5.75. The predicted octanol–water partition coefficient (Wildman–Crippen LogP) is 4.02. The highest BCUT2D eigenvalue weighted by atomic mass is 35.5. The van der Waals surface area contributed by atoms with Crippen LogP contribution >= 0.6 is 22.9 Å². The first kappa shape index (κ1) is 21.4. The fourth-order valence-corrected chi connectivity index (χ4v) is 3.78. The van der Waals surface area contributed by atoms with Gasteiger partial charge in [0.1, 0.15) is 23.1 Å². The van der Waals surface area contributed by atoms with Gasteiger partial charge in [0, 0.05) is 5.02 Å². The highest BCUT2D eigenvalue weighted by molar-refractivity contribution is 7.18. The molecule has 0 spiro atoms. The average molecular weight is 449 g/mol. The van der Waals surface area contributed by atoms with Gasteiger partial charge in [-0.25, -0.2) is 4.79 Å². The normalized spacial score (nSPS) is 10.5. The number of nitrogens with one attached hydrogen (secondary N) is 1. The number of furan rings is 1. The van der Waals surface area contributed by atoms with Crippen molar-refractivity contribution in [2.45, 2.75) is 13.5 Å². The van der Waals surface area contributed by atoms with Crippen LogP contribution in [0.3, 0.4) is 0 Å². The second-order valence-corrected chi connectivity index (χ2v) is 7.54. The average Bonchev–Trinajstić information content (AvgIpc) is 3.32. The zero-order chi connectivity index (χ0) is 21.8. The predicted molar refractivity (Wildman–Crippen MR) is 111 cm³/mol. The molecular weight excluding hydrogens is 432 g/mol. The highest BCUT2D eigenvalue weighted by Crippen LogP contribution is 2.33. The van der Waals surface area contributed by atoms with Crippen LogP contribution in [-0.2, 0) is 11.3 Å². The van der Waals surface area contributed by atoms with Gasteiger partial charge in [-0.3, -0.25) is 9.59 Å².